The zero-order valence-electron chi connectivity index (χ0n) is 12.5. The minimum absolute atomic E-state index is 0.0482. The van der Waals surface area contributed by atoms with Crippen molar-refractivity contribution in [3.63, 3.8) is 0 Å². The largest absolute Gasteiger partial charge is 0.454 e. The average Bonchev–Trinajstić information content (AvgIpc) is 3.00. The summed E-state index contributed by atoms with van der Waals surface area (Å²) in [4.78, 5) is 12.3. The molecule has 0 atom stereocenters. The number of anilines is 1. The van der Waals surface area contributed by atoms with Gasteiger partial charge in [-0.25, -0.2) is 0 Å². The van der Waals surface area contributed by atoms with Gasteiger partial charge >= 0.3 is 6.18 Å². The summed E-state index contributed by atoms with van der Waals surface area (Å²) in [6.07, 6.45) is -4.54. The van der Waals surface area contributed by atoms with Crippen molar-refractivity contribution in [2.45, 2.75) is 11.1 Å². The number of alkyl halides is 3. The molecule has 0 fully saturated rings. The topological polar surface area (TPSA) is 47.6 Å². The quantitative estimate of drug-likeness (QED) is 0.762. The van der Waals surface area contributed by atoms with Crippen molar-refractivity contribution in [1.29, 1.82) is 0 Å². The highest BCUT2D eigenvalue weighted by Gasteiger charge is 2.33. The maximum Gasteiger partial charge on any atom is 0.417 e. The highest BCUT2D eigenvalue weighted by Crippen LogP contribution is 2.37. The number of benzene rings is 2. The van der Waals surface area contributed by atoms with Gasteiger partial charge in [0.15, 0.2) is 11.5 Å². The Bertz CT molecular complexity index is 814. The van der Waals surface area contributed by atoms with E-state index in [0.717, 1.165) is 17.8 Å². The van der Waals surface area contributed by atoms with E-state index >= 15 is 0 Å². The molecule has 1 aliphatic heterocycles. The molecule has 0 aromatic heterocycles. The first kappa shape index (κ1) is 17.8. The first-order chi connectivity index (χ1) is 11.8. The van der Waals surface area contributed by atoms with Crippen LogP contribution in [0.5, 0.6) is 11.5 Å². The molecular weight excluding hydrogens is 379 g/mol. The monoisotopic (exact) mass is 389 g/mol. The Kier molecular flexibility index (Phi) is 5.01. The van der Waals surface area contributed by atoms with Crippen LogP contribution in [0.25, 0.3) is 0 Å². The van der Waals surface area contributed by atoms with Crippen molar-refractivity contribution < 1.29 is 27.4 Å². The number of carbonyl (C=O) groups excluding carboxylic acids is 1. The van der Waals surface area contributed by atoms with E-state index in [9.17, 15) is 18.0 Å². The SMILES string of the molecule is O=C(CSc1ccc(Cl)c(C(F)(F)F)c1)Nc1ccc2c(c1)OCO2. The van der Waals surface area contributed by atoms with E-state index in [1.54, 1.807) is 18.2 Å². The lowest BCUT2D eigenvalue weighted by Crippen LogP contribution is -2.14. The molecule has 1 N–H and O–H groups in total. The van der Waals surface area contributed by atoms with Crippen LogP contribution in [-0.2, 0) is 11.0 Å². The second kappa shape index (κ2) is 7.05. The molecule has 0 saturated heterocycles. The summed E-state index contributed by atoms with van der Waals surface area (Å²) >= 11 is 6.55. The van der Waals surface area contributed by atoms with Crippen molar-refractivity contribution in [2.24, 2.45) is 0 Å². The van der Waals surface area contributed by atoms with Crippen molar-refractivity contribution in [2.75, 3.05) is 17.9 Å². The Hall–Kier alpha value is -2.06. The fourth-order valence-corrected chi connectivity index (χ4v) is 3.09. The molecule has 2 aromatic rings. The minimum atomic E-state index is -4.54. The van der Waals surface area contributed by atoms with Gasteiger partial charge in [0.25, 0.3) is 0 Å². The van der Waals surface area contributed by atoms with Crippen LogP contribution in [0.15, 0.2) is 41.3 Å². The lowest BCUT2D eigenvalue weighted by Gasteiger charge is -2.11. The Balaban J connectivity index is 1.61. The normalized spacial score (nSPS) is 13.0. The highest BCUT2D eigenvalue weighted by molar-refractivity contribution is 8.00. The van der Waals surface area contributed by atoms with Crippen LogP contribution in [0.3, 0.4) is 0 Å². The Morgan fingerprint density at radius 3 is 2.68 bits per heavy atom. The Morgan fingerprint density at radius 1 is 1.16 bits per heavy atom. The summed E-state index contributed by atoms with van der Waals surface area (Å²) < 4.78 is 48.9. The van der Waals surface area contributed by atoms with Gasteiger partial charge in [-0.2, -0.15) is 13.2 Å². The van der Waals surface area contributed by atoms with Crippen LogP contribution in [0.4, 0.5) is 18.9 Å². The molecule has 1 aliphatic rings. The third kappa shape index (κ3) is 4.32. The lowest BCUT2D eigenvalue weighted by atomic mass is 10.2. The molecular formula is C16H11ClF3NO3S. The maximum absolute atomic E-state index is 12.8. The second-order valence-electron chi connectivity index (χ2n) is 5.04. The predicted octanol–water partition coefficient (Wildman–Crippen LogP) is 4.82. The van der Waals surface area contributed by atoms with Crippen LogP contribution in [0.1, 0.15) is 5.56 Å². The van der Waals surface area contributed by atoms with E-state index in [0.29, 0.717) is 22.1 Å². The van der Waals surface area contributed by atoms with Gasteiger partial charge < -0.3 is 14.8 Å². The first-order valence-electron chi connectivity index (χ1n) is 7.02. The summed E-state index contributed by atoms with van der Waals surface area (Å²) in [5.74, 6) is 0.714. The standard InChI is InChI=1S/C16H11ClF3NO3S/c17-12-3-2-10(6-11(12)16(18,19)20)25-7-15(22)21-9-1-4-13-14(5-9)24-8-23-13/h1-6H,7-8H2,(H,21,22). The third-order valence-corrected chi connectivity index (χ3v) is 4.59. The van der Waals surface area contributed by atoms with Gasteiger partial charge in [-0.1, -0.05) is 11.6 Å². The summed E-state index contributed by atoms with van der Waals surface area (Å²) in [5, 5.41) is 2.28. The smallest absolute Gasteiger partial charge is 0.417 e. The number of nitrogens with one attached hydrogen (secondary N) is 1. The minimum Gasteiger partial charge on any atom is -0.454 e. The number of carbonyl (C=O) groups is 1. The summed E-state index contributed by atoms with van der Waals surface area (Å²) in [5.41, 5.74) is -0.405. The van der Waals surface area contributed by atoms with E-state index in [1.807, 2.05) is 0 Å². The molecule has 1 amide bonds. The number of rotatable bonds is 4. The van der Waals surface area contributed by atoms with Gasteiger partial charge in [0, 0.05) is 16.6 Å². The van der Waals surface area contributed by atoms with E-state index < -0.39 is 11.7 Å². The average molecular weight is 390 g/mol. The molecule has 0 spiro atoms. The van der Waals surface area contributed by atoms with Crippen molar-refractivity contribution in [3.8, 4) is 11.5 Å². The van der Waals surface area contributed by atoms with Crippen LogP contribution < -0.4 is 14.8 Å². The first-order valence-corrected chi connectivity index (χ1v) is 8.38. The van der Waals surface area contributed by atoms with Crippen LogP contribution in [-0.4, -0.2) is 18.5 Å². The zero-order valence-corrected chi connectivity index (χ0v) is 14.1. The fourth-order valence-electron chi connectivity index (χ4n) is 2.13. The van der Waals surface area contributed by atoms with Gasteiger partial charge in [-0.15, -0.1) is 11.8 Å². The van der Waals surface area contributed by atoms with Crippen LogP contribution in [0.2, 0.25) is 5.02 Å². The van der Waals surface area contributed by atoms with Crippen molar-refractivity contribution >= 4 is 35.0 Å². The molecule has 132 valence electrons. The molecule has 0 aliphatic carbocycles. The van der Waals surface area contributed by atoms with E-state index in [1.165, 1.54) is 12.1 Å². The predicted molar refractivity (Wildman–Crippen MR) is 88.4 cm³/mol. The number of ether oxygens (including phenoxy) is 2. The van der Waals surface area contributed by atoms with Gasteiger partial charge in [0.05, 0.1) is 16.3 Å². The number of halogens is 4. The lowest BCUT2D eigenvalue weighted by molar-refractivity contribution is -0.137. The zero-order chi connectivity index (χ0) is 18.0. The van der Waals surface area contributed by atoms with Gasteiger partial charge in [0.2, 0.25) is 12.7 Å². The summed E-state index contributed by atoms with van der Waals surface area (Å²) in [6, 6.07) is 8.48. The molecule has 2 aromatic carbocycles. The molecule has 9 heteroatoms. The number of hydrogen-bond donors (Lipinski definition) is 1. The molecule has 0 radical (unpaired) electrons. The van der Waals surface area contributed by atoms with Gasteiger partial charge in [-0.05, 0) is 30.3 Å². The highest BCUT2D eigenvalue weighted by atomic mass is 35.5. The molecule has 3 rings (SSSR count). The Morgan fingerprint density at radius 2 is 1.92 bits per heavy atom. The number of amides is 1. The number of thioether (sulfide) groups is 1. The second-order valence-corrected chi connectivity index (χ2v) is 6.50. The Labute approximate surface area is 150 Å². The van der Waals surface area contributed by atoms with Crippen molar-refractivity contribution in [1.82, 2.24) is 0 Å². The molecule has 0 unspecified atom stereocenters. The van der Waals surface area contributed by atoms with Gasteiger partial charge in [0.1, 0.15) is 0 Å². The molecule has 0 saturated carbocycles. The van der Waals surface area contributed by atoms with Crippen LogP contribution >= 0.6 is 23.4 Å². The van der Waals surface area contributed by atoms with Gasteiger partial charge in [-0.3, -0.25) is 4.79 Å². The summed E-state index contributed by atoms with van der Waals surface area (Å²) in [7, 11) is 0. The molecule has 1 heterocycles. The van der Waals surface area contributed by atoms with Crippen LogP contribution in [0, 0.1) is 0 Å². The molecule has 0 bridgehead atoms. The third-order valence-electron chi connectivity index (χ3n) is 3.27. The van der Waals surface area contributed by atoms with E-state index in [-0.39, 0.29) is 23.5 Å². The maximum atomic E-state index is 12.8. The number of fused-ring (bicyclic) bond motifs is 1. The molecule has 4 nitrogen and oxygen atoms in total. The van der Waals surface area contributed by atoms with Crippen molar-refractivity contribution in [3.05, 3.63) is 47.0 Å². The van der Waals surface area contributed by atoms with E-state index in [4.69, 9.17) is 21.1 Å². The molecule has 25 heavy (non-hydrogen) atoms. The fraction of sp³-hybridized carbons (Fsp3) is 0.188. The van der Waals surface area contributed by atoms with E-state index in [2.05, 4.69) is 5.32 Å². The number of hydrogen-bond acceptors (Lipinski definition) is 4. The summed E-state index contributed by atoms with van der Waals surface area (Å²) in [6.45, 7) is 0.126.